The first-order chi connectivity index (χ1) is 14.8. The molecular weight excluding hydrogens is 404 g/mol. The molecule has 3 aromatic carbocycles. The van der Waals surface area contributed by atoms with Gasteiger partial charge in [0.25, 0.3) is 0 Å². The third-order valence-electron chi connectivity index (χ3n) is 4.99. The molecule has 4 nitrogen and oxygen atoms in total. The second-order valence-corrected chi connectivity index (χ2v) is 12.5. The number of carboxylic acid groups (broad SMARTS) is 1. The Morgan fingerprint density at radius 3 is 1.74 bits per heavy atom. The lowest BCUT2D eigenvalue weighted by Crippen LogP contribution is -2.68. The standard InChI is InChI=1S/C23H24O3Si.C3H8O/c1-23(2,3)27(20-13-6-4-7-14-20,21-15-8-5-9-16-21)26-19-12-10-11-18(17-19)22(24)25;1-2-3-4/h4-17H,1-3H3,(H,24,25);4H,2-3H2,1H3. The highest BCUT2D eigenvalue weighted by Crippen LogP contribution is 2.37. The van der Waals surface area contributed by atoms with E-state index in [-0.39, 0.29) is 10.6 Å². The number of rotatable bonds is 6. The molecule has 31 heavy (non-hydrogen) atoms. The minimum Gasteiger partial charge on any atom is -0.534 e. The van der Waals surface area contributed by atoms with Crippen molar-refractivity contribution in [3.63, 3.8) is 0 Å². The van der Waals surface area contributed by atoms with Crippen LogP contribution >= 0.6 is 0 Å². The summed E-state index contributed by atoms with van der Waals surface area (Å²) >= 11 is 0. The van der Waals surface area contributed by atoms with Crippen LogP contribution in [0, 0.1) is 0 Å². The average Bonchev–Trinajstić information content (AvgIpc) is 2.78. The Hall–Kier alpha value is -2.89. The number of benzene rings is 3. The molecule has 0 atom stereocenters. The van der Waals surface area contributed by atoms with Crippen LogP contribution in [-0.2, 0) is 0 Å². The second-order valence-electron chi connectivity index (χ2n) is 8.32. The van der Waals surface area contributed by atoms with Gasteiger partial charge in [-0.25, -0.2) is 4.79 Å². The molecule has 0 radical (unpaired) electrons. The first kappa shape index (κ1) is 24.4. The van der Waals surface area contributed by atoms with Crippen molar-refractivity contribution in [3.8, 4) is 5.75 Å². The lowest BCUT2D eigenvalue weighted by atomic mass is 10.2. The van der Waals surface area contributed by atoms with Crippen LogP contribution in [0.2, 0.25) is 5.04 Å². The average molecular weight is 437 g/mol. The number of carbonyl (C=O) groups is 1. The Balaban J connectivity index is 0.000000785. The van der Waals surface area contributed by atoms with E-state index in [9.17, 15) is 9.90 Å². The Kier molecular flexibility index (Phi) is 8.60. The Morgan fingerprint density at radius 1 is 0.871 bits per heavy atom. The number of hydrogen-bond acceptors (Lipinski definition) is 3. The molecule has 0 aliphatic rings. The molecule has 0 amide bonds. The Bertz CT molecular complexity index is 908. The van der Waals surface area contributed by atoms with E-state index in [2.05, 4.69) is 45.0 Å². The third-order valence-corrected chi connectivity index (χ3v) is 9.94. The Labute approximate surface area is 186 Å². The van der Waals surface area contributed by atoms with Crippen LogP contribution in [-0.4, -0.2) is 31.1 Å². The number of aliphatic hydroxyl groups is 1. The molecule has 3 rings (SSSR count). The zero-order chi connectivity index (χ0) is 22.9. The van der Waals surface area contributed by atoms with Gasteiger partial charge in [-0.3, -0.25) is 0 Å². The van der Waals surface area contributed by atoms with Gasteiger partial charge in [0.2, 0.25) is 0 Å². The molecular formula is C26H32O4Si. The second kappa shape index (κ2) is 10.9. The van der Waals surface area contributed by atoms with Crippen molar-refractivity contribution in [2.24, 2.45) is 0 Å². The van der Waals surface area contributed by atoms with Crippen molar-refractivity contribution in [2.75, 3.05) is 6.61 Å². The molecule has 0 saturated carbocycles. The van der Waals surface area contributed by atoms with Gasteiger partial charge >= 0.3 is 14.3 Å². The van der Waals surface area contributed by atoms with Crippen molar-refractivity contribution < 1.29 is 19.4 Å². The summed E-state index contributed by atoms with van der Waals surface area (Å²) in [4.78, 5) is 11.4. The first-order valence-electron chi connectivity index (χ1n) is 10.5. The maximum absolute atomic E-state index is 11.4. The zero-order valence-electron chi connectivity index (χ0n) is 18.7. The predicted molar refractivity (Wildman–Crippen MR) is 129 cm³/mol. The van der Waals surface area contributed by atoms with Gasteiger partial charge in [-0.1, -0.05) is 94.4 Å². The normalized spacial score (nSPS) is 11.3. The monoisotopic (exact) mass is 436 g/mol. The maximum Gasteiger partial charge on any atom is 0.335 e. The first-order valence-corrected chi connectivity index (χ1v) is 12.4. The smallest absolute Gasteiger partial charge is 0.335 e. The molecule has 5 heteroatoms. The van der Waals surface area contributed by atoms with Gasteiger partial charge in [-0.2, -0.15) is 0 Å². The SMILES string of the molecule is CC(C)(C)[Si](Oc1cccc(C(=O)O)c1)(c1ccccc1)c1ccccc1.CCCO. The third kappa shape index (κ3) is 5.84. The predicted octanol–water partition coefficient (Wildman–Crippen LogP) is 4.71. The van der Waals surface area contributed by atoms with Gasteiger partial charge in [0, 0.05) is 6.61 Å². The van der Waals surface area contributed by atoms with Gasteiger partial charge in [0.1, 0.15) is 5.75 Å². The minimum absolute atomic E-state index is 0.172. The molecule has 0 aliphatic heterocycles. The molecule has 0 heterocycles. The molecule has 0 fully saturated rings. The largest absolute Gasteiger partial charge is 0.534 e. The van der Waals surface area contributed by atoms with Crippen LogP contribution < -0.4 is 14.8 Å². The van der Waals surface area contributed by atoms with Crippen molar-refractivity contribution in [2.45, 2.75) is 39.2 Å². The number of carboxylic acids is 1. The molecule has 2 N–H and O–H groups in total. The fourth-order valence-corrected chi connectivity index (χ4v) is 7.93. The highest BCUT2D eigenvalue weighted by molar-refractivity contribution is 7.00. The summed E-state index contributed by atoms with van der Waals surface area (Å²) in [6.45, 7) is 8.83. The number of hydrogen-bond donors (Lipinski definition) is 2. The summed E-state index contributed by atoms with van der Waals surface area (Å²) in [5.74, 6) is -0.368. The van der Waals surface area contributed by atoms with Crippen molar-refractivity contribution in [1.82, 2.24) is 0 Å². The Morgan fingerprint density at radius 2 is 1.35 bits per heavy atom. The van der Waals surface area contributed by atoms with Gasteiger partial charge in [-0.15, -0.1) is 0 Å². The van der Waals surface area contributed by atoms with Crippen molar-refractivity contribution >= 4 is 24.7 Å². The van der Waals surface area contributed by atoms with Gasteiger partial charge < -0.3 is 14.6 Å². The number of aliphatic hydroxyl groups excluding tert-OH is 1. The summed E-state index contributed by atoms with van der Waals surface area (Å²) in [7, 11) is -2.74. The highest BCUT2D eigenvalue weighted by atomic mass is 28.4. The fourth-order valence-electron chi connectivity index (χ4n) is 3.52. The van der Waals surface area contributed by atoms with Crippen molar-refractivity contribution in [1.29, 1.82) is 0 Å². The molecule has 164 valence electrons. The molecule has 0 spiro atoms. The van der Waals surface area contributed by atoms with Crippen LogP contribution in [0.4, 0.5) is 0 Å². The van der Waals surface area contributed by atoms with E-state index in [0.29, 0.717) is 12.4 Å². The highest BCUT2D eigenvalue weighted by Gasteiger charge is 2.52. The molecule has 0 saturated heterocycles. The summed E-state index contributed by atoms with van der Waals surface area (Å²) < 4.78 is 6.81. The lowest BCUT2D eigenvalue weighted by molar-refractivity contribution is 0.0696. The van der Waals surface area contributed by atoms with E-state index >= 15 is 0 Å². The van der Waals surface area contributed by atoms with Crippen LogP contribution in [0.25, 0.3) is 0 Å². The molecule has 0 aromatic heterocycles. The summed E-state index contributed by atoms with van der Waals surface area (Å²) in [6.07, 6.45) is 0.875. The fraction of sp³-hybridized carbons (Fsp3) is 0.269. The van der Waals surface area contributed by atoms with Gasteiger partial charge in [-0.05, 0) is 40.0 Å². The van der Waals surface area contributed by atoms with E-state index in [1.165, 1.54) is 0 Å². The molecule has 0 unspecified atom stereocenters. The van der Waals surface area contributed by atoms with Crippen LogP contribution in [0.3, 0.4) is 0 Å². The molecule has 0 bridgehead atoms. The summed E-state index contributed by atoms with van der Waals surface area (Å²) in [5, 5.41) is 19.4. The number of aromatic carboxylic acids is 1. The van der Waals surface area contributed by atoms with Gasteiger partial charge in [0.15, 0.2) is 0 Å². The van der Waals surface area contributed by atoms with E-state index in [1.807, 2.05) is 49.4 Å². The van der Waals surface area contributed by atoms with E-state index < -0.39 is 14.3 Å². The molecule has 0 aliphatic carbocycles. The quantitative estimate of drug-likeness (QED) is 0.549. The van der Waals surface area contributed by atoms with E-state index in [4.69, 9.17) is 9.53 Å². The van der Waals surface area contributed by atoms with Crippen LogP contribution in [0.15, 0.2) is 84.9 Å². The lowest BCUT2D eigenvalue weighted by Gasteiger charge is -2.43. The minimum atomic E-state index is -2.74. The zero-order valence-corrected chi connectivity index (χ0v) is 19.7. The van der Waals surface area contributed by atoms with Gasteiger partial charge in [0.05, 0.1) is 5.56 Å². The van der Waals surface area contributed by atoms with Crippen LogP contribution in [0.1, 0.15) is 44.5 Å². The van der Waals surface area contributed by atoms with Crippen LogP contribution in [0.5, 0.6) is 5.75 Å². The van der Waals surface area contributed by atoms with E-state index in [1.54, 1.807) is 18.2 Å². The summed E-state index contributed by atoms with van der Waals surface area (Å²) in [5.41, 5.74) is 0.227. The molecule has 3 aromatic rings. The van der Waals surface area contributed by atoms with E-state index in [0.717, 1.165) is 16.8 Å². The van der Waals surface area contributed by atoms with Crippen molar-refractivity contribution in [3.05, 3.63) is 90.5 Å². The summed E-state index contributed by atoms with van der Waals surface area (Å²) in [6, 6.07) is 27.4. The maximum atomic E-state index is 11.4. The topological polar surface area (TPSA) is 66.8 Å².